The molecule has 0 atom stereocenters. The van der Waals surface area contributed by atoms with Gasteiger partial charge < -0.3 is 4.74 Å². The van der Waals surface area contributed by atoms with Gasteiger partial charge in [-0.05, 0) is 35.4 Å². The first kappa shape index (κ1) is 14.7. The number of benzene rings is 2. The molecule has 0 aliphatic heterocycles. The van der Waals surface area contributed by atoms with Crippen molar-refractivity contribution in [1.29, 1.82) is 0 Å². The Morgan fingerprint density at radius 1 is 0.800 bits per heavy atom. The van der Waals surface area contributed by atoms with Crippen LogP contribution in [0.1, 0.15) is 11.1 Å². The number of hydrogen-bond donors (Lipinski definition) is 0. The van der Waals surface area contributed by atoms with E-state index in [9.17, 15) is 17.6 Å². The highest BCUT2D eigenvalue weighted by Gasteiger charge is 2.13. The van der Waals surface area contributed by atoms with Crippen LogP contribution in [0.4, 0.5) is 17.6 Å². The first-order chi connectivity index (χ1) is 9.51. The SMILES string of the molecule is Fc1ccc(COc2c(F)cc(CCl)cc2F)cc1F. The van der Waals surface area contributed by atoms with Gasteiger partial charge in [0.05, 0.1) is 0 Å². The van der Waals surface area contributed by atoms with Crippen molar-refractivity contribution >= 4 is 11.6 Å². The van der Waals surface area contributed by atoms with E-state index in [1.165, 1.54) is 6.07 Å². The molecule has 0 aliphatic carbocycles. The van der Waals surface area contributed by atoms with E-state index in [4.69, 9.17) is 16.3 Å². The van der Waals surface area contributed by atoms with Gasteiger partial charge in [0.1, 0.15) is 6.61 Å². The van der Waals surface area contributed by atoms with Gasteiger partial charge in [-0.25, -0.2) is 17.6 Å². The molecule has 2 aromatic carbocycles. The summed E-state index contributed by atoms with van der Waals surface area (Å²) in [5.74, 6) is -4.46. The lowest BCUT2D eigenvalue weighted by atomic mass is 10.2. The topological polar surface area (TPSA) is 9.23 Å². The van der Waals surface area contributed by atoms with Gasteiger partial charge in [0.2, 0.25) is 0 Å². The predicted molar refractivity (Wildman–Crippen MR) is 66.6 cm³/mol. The Morgan fingerprint density at radius 2 is 1.40 bits per heavy atom. The summed E-state index contributed by atoms with van der Waals surface area (Å²) < 4.78 is 57.8. The van der Waals surface area contributed by atoms with Crippen LogP contribution in [0.3, 0.4) is 0 Å². The highest BCUT2D eigenvalue weighted by Crippen LogP contribution is 2.25. The fourth-order valence-electron chi connectivity index (χ4n) is 1.61. The number of halogens is 5. The van der Waals surface area contributed by atoms with Crippen LogP contribution in [0.25, 0.3) is 0 Å². The van der Waals surface area contributed by atoms with Crippen molar-refractivity contribution in [2.24, 2.45) is 0 Å². The molecule has 0 amide bonds. The van der Waals surface area contributed by atoms with Gasteiger partial charge in [-0.15, -0.1) is 11.6 Å². The number of ether oxygens (including phenoxy) is 1. The van der Waals surface area contributed by atoms with E-state index in [1.54, 1.807) is 0 Å². The van der Waals surface area contributed by atoms with Crippen LogP contribution in [-0.4, -0.2) is 0 Å². The van der Waals surface area contributed by atoms with Crippen molar-refractivity contribution in [2.75, 3.05) is 0 Å². The first-order valence-electron chi connectivity index (χ1n) is 5.62. The van der Waals surface area contributed by atoms with E-state index in [2.05, 4.69) is 0 Å². The highest BCUT2D eigenvalue weighted by molar-refractivity contribution is 6.17. The zero-order chi connectivity index (χ0) is 14.7. The van der Waals surface area contributed by atoms with Gasteiger partial charge in [-0.3, -0.25) is 0 Å². The Bertz CT molecular complexity index is 608. The Balaban J connectivity index is 2.16. The lowest BCUT2D eigenvalue weighted by molar-refractivity contribution is 0.273. The molecule has 0 saturated heterocycles. The van der Waals surface area contributed by atoms with Crippen molar-refractivity contribution in [3.8, 4) is 5.75 Å². The second-order valence-electron chi connectivity index (χ2n) is 4.06. The molecule has 0 spiro atoms. The third kappa shape index (κ3) is 3.22. The van der Waals surface area contributed by atoms with Crippen LogP contribution in [0, 0.1) is 23.3 Å². The summed E-state index contributed by atoms with van der Waals surface area (Å²) in [4.78, 5) is 0. The largest absolute Gasteiger partial charge is 0.483 e. The lowest BCUT2D eigenvalue weighted by Gasteiger charge is -2.09. The van der Waals surface area contributed by atoms with Crippen LogP contribution < -0.4 is 4.74 Å². The fraction of sp³-hybridized carbons (Fsp3) is 0.143. The van der Waals surface area contributed by atoms with E-state index in [0.29, 0.717) is 0 Å². The minimum absolute atomic E-state index is 0.0305. The average Bonchev–Trinajstić information content (AvgIpc) is 2.41. The van der Waals surface area contributed by atoms with Crippen molar-refractivity contribution in [1.82, 2.24) is 0 Å². The highest BCUT2D eigenvalue weighted by atomic mass is 35.5. The maximum absolute atomic E-state index is 13.6. The van der Waals surface area contributed by atoms with Gasteiger partial charge in [0, 0.05) is 5.88 Å². The van der Waals surface area contributed by atoms with Gasteiger partial charge in [0.25, 0.3) is 0 Å². The number of alkyl halides is 1. The molecule has 0 radical (unpaired) electrons. The molecule has 0 bridgehead atoms. The smallest absolute Gasteiger partial charge is 0.191 e. The zero-order valence-electron chi connectivity index (χ0n) is 10.1. The molecule has 1 nitrogen and oxygen atoms in total. The molecule has 0 aliphatic rings. The van der Waals surface area contributed by atoms with Gasteiger partial charge in [0.15, 0.2) is 29.0 Å². The monoisotopic (exact) mass is 304 g/mol. The maximum Gasteiger partial charge on any atom is 0.191 e. The summed E-state index contributed by atoms with van der Waals surface area (Å²) >= 11 is 5.48. The Labute approximate surface area is 117 Å². The summed E-state index contributed by atoms with van der Waals surface area (Å²) in [6.45, 7) is -0.286. The summed E-state index contributed by atoms with van der Waals surface area (Å²) in [6.07, 6.45) is 0. The van der Waals surface area contributed by atoms with Gasteiger partial charge in [-0.1, -0.05) is 6.07 Å². The van der Waals surface area contributed by atoms with E-state index < -0.39 is 29.0 Å². The molecule has 20 heavy (non-hydrogen) atoms. The van der Waals surface area contributed by atoms with Crippen LogP contribution in [0.5, 0.6) is 5.75 Å². The van der Waals surface area contributed by atoms with Gasteiger partial charge in [-0.2, -0.15) is 0 Å². The van der Waals surface area contributed by atoms with Crippen LogP contribution in [0.15, 0.2) is 30.3 Å². The molecular weight excluding hydrogens is 296 g/mol. The van der Waals surface area contributed by atoms with E-state index in [0.717, 1.165) is 24.3 Å². The van der Waals surface area contributed by atoms with Crippen molar-refractivity contribution < 1.29 is 22.3 Å². The second kappa shape index (κ2) is 6.13. The van der Waals surface area contributed by atoms with Crippen LogP contribution >= 0.6 is 11.6 Å². The van der Waals surface area contributed by atoms with Gasteiger partial charge >= 0.3 is 0 Å². The minimum atomic E-state index is -1.05. The minimum Gasteiger partial charge on any atom is -0.483 e. The molecule has 0 heterocycles. The van der Waals surface area contributed by atoms with Crippen LogP contribution in [0.2, 0.25) is 0 Å². The van der Waals surface area contributed by atoms with Crippen molar-refractivity contribution in [3.05, 3.63) is 64.7 Å². The Morgan fingerprint density at radius 3 is 1.95 bits per heavy atom. The molecule has 0 N–H and O–H groups in total. The zero-order valence-corrected chi connectivity index (χ0v) is 10.9. The fourth-order valence-corrected chi connectivity index (χ4v) is 1.77. The third-order valence-electron chi connectivity index (χ3n) is 2.58. The Hall–Kier alpha value is -1.75. The lowest BCUT2D eigenvalue weighted by Crippen LogP contribution is -2.01. The second-order valence-corrected chi connectivity index (χ2v) is 4.33. The van der Waals surface area contributed by atoms with Crippen molar-refractivity contribution in [3.63, 3.8) is 0 Å². The molecule has 2 rings (SSSR count). The van der Waals surface area contributed by atoms with Crippen LogP contribution in [-0.2, 0) is 12.5 Å². The Kier molecular flexibility index (Phi) is 4.49. The van der Waals surface area contributed by atoms with Crippen molar-refractivity contribution in [2.45, 2.75) is 12.5 Å². The molecule has 0 fully saturated rings. The maximum atomic E-state index is 13.6. The summed E-state index contributed by atoms with van der Waals surface area (Å²) in [5.41, 5.74) is 0.533. The number of hydrogen-bond acceptors (Lipinski definition) is 1. The number of rotatable bonds is 4. The normalized spacial score (nSPS) is 10.7. The third-order valence-corrected chi connectivity index (χ3v) is 2.89. The summed E-state index contributed by atoms with van der Waals surface area (Å²) in [5, 5.41) is 0. The average molecular weight is 305 g/mol. The molecule has 0 aromatic heterocycles. The van der Waals surface area contributed by atoms with E-state index in [-0.39, 0.29) is 23.6 Å². The van der Waals surface area contributed by atoms with E-state index >= 15 is 0 Å². The quantitative estimate of drug-likeness (QED) is 0.594. The molecule has 0 unspecified atom stereocenters. The predicted octanol–water partition coefficient (Wildman–Crippen LogP) is 4.56. The molecule has 6 heteroatoms. The summed E-state index contributed by atoms with van der Waals surface area (Å²) in [7, 11) is 0. The molecule has 2 aromatic rings. The molecular formula is C14H9ClF4O. The standard InChI is InChI=1S/C14H9ClF4O/c15-6-9-4-12(18)14(13(19)5-9)20-7-8-1-2-10(16)11(17)3-8/h1-5H,6-7H2. The summed E-state index contributed by atoms with van der Waals surface area (Å²) in [6, 6.07) is 5.18. The first-order valence-corrected chi connectivity index (χ1v) is 6.15. The van der Waals surface area contributed by atoms with E-state index in [1.807, 2.05) is 0 Å². The molecule has 0 saturated carbocycles. The molecule has 106 valence electrons.